The number of hydrogen-bond donors (Lipinski definition) is 2. The van der Waals surface area contributed by atoms with Gasteiger partial charge in [-0.2, -0.15) is 0 Å². The van der Waals surface area contributed by atoms with E-state index in [1.54, 1.807) is 19.1 Å². The van der Waals surface area contributed by atoms with Crippen molar-refractivity contribution in [2.45, 2.75) is 20.0 Å². The maximum atomic E-state index is 12.3. The van der Waals surface area contributed by atoms with Gasteiger partial charge in [0.25, 0.3) is 5.91 Å². The van der Waals surface area contributed by atoms with Crippen LogP contribution in [0, 0.1) is 6.92 Å². The molecule has 5 heteroatoms. The fourth-order valence-corrected chi connectivity index (χ4v) is 2.60. The van der Waals surface area contributed by atoms with E-state index in [0.717, 1.165) is 16.3 Å². The molecule has 0 heterocycles. The standard InChI is InChI=1S/C21H19NO4/c1-13-7-10-18(19(23)11-13)21(25)26-14(2)20(24)22-17-9-8-15-5-3-4-6-16(15)12-17/h3-12,14,23H,1-2H3,(H,22,24)/t14-/m1/s1. The Hall–Kier alpha value is -3.34. The summed E-state index contributed by atoms with van der Waals surface area (Å²) in [6.07, 6.45) is -1.00. The van der Waals surface area contributed by atoms with Gasteiger partial charge in [0, 0.05) is 5.69 Å². The Morgan fingerprint density at radius 2 is 1.73 bits per heavy atom. The van der Waals surface area contributed by atoms with Crippen molar-refractivity contribution in [2.24, 2.45) is 0 Å². The SMILES string of the molecule is Cc1ccc(C(=O)O[C@H](C)C(=O)Nc2ccc3ccccc3c2)c(O)c1. The Bertz CT molecular complexity index is 981. The molecule has 3 rings (SSSR count). The molecule has 0 aromatic heterocycles. The van der Waals surface area contributed by atoms with Gasteiger partial charge in [-0.25, -0.2) is 4.79 Å². The lowest BCUT2D eigenvalue weighted by atomic mass is 10.1. The van der Waals surface area contributed by atoms with Gasteiger partial charge in [-0.3, -0.25) is 4.79 Å². The quantitative estimate of drug-likeness (QED) is 0.697. The molecule has 0 saturated heterocycles. The first kappa shape index (κ1) is 17.5. The van der Waals surface area contributed by atoms with Crippen LogP contribution in [-0.4, -0.2) is 23.1 Å². The highest BCUT2D eigenvalue weighted by molar-refractivity contribution is 5.99. The van der Waals surface area contributed by atoms with Crippen LogP contribution in [0.15, 0.2) is 60.7 Å². The zero-order chi connectivity index (χ0) is 18.7. The molecule has 0 spiro atoms. The van der Waals surface area contributed by atoms with E-state index in [9.17, 15) is 14.7 Å². The van der Waals surface area contributed by atoms with Crippen molar-refractivity contribution in [1.29, 1.82) is 0 Å². The van der Waals surface area contributed by atoms with Crippen LogP contribution in [0.5, 0.6) is 5.75 Å². The second kappa shape index (κ2) is 7.27. The van der Waals surface area contributed by atoms with Crippen LogP contribution >= 0.6 is 0 Å². The van der Waals surface area contributed by atoms with Crippen molar-refractivity contribution in [3.63, 3.8) is 0 Å². The van der Waals surface area contributed by atoms with Crippen molar-refractivity contribution in [1.82, 2.24) is 0 Å². The van der Waals surface area contributed by atoms with E-state index >= 15 is 0 Å². The van der Waals surface area contributed by atoms with Gasteiger partial charge in [0.05, 0.1) is 0 Å². The number of fused-ring (bicyclic) bond motifs is 1. The molecule has 0 unspecified atom stereocenters. The molecule has 3 aromatic rings. The minimum atomic E-state index is -1.00. The molecule has 0 fully saturated rings. The molecule has 2 N–H and O–H groups in total. The number of carbonyl (C=O) groups excluding carboxylic acids is 2. The predicted octanol–water partition coefficient (Wildman–Crippen LogP) is 4.04. The number of hydrogen-bond acceptors (Lipinski definition) is 4. The lowest BCUT2D eigenvalue weighted by molar-refractivity contribution is -0.123. The Morgan fingerprint density at radius 1 is 1.00 bits per heavy atom. The number of rotatable bonds is 4. The number of ether oxygens (including phenoxy) is 1. The van der Waals surface area contributed by atoms with Crippen LogP contribution in [0.1, 0.15) is 22.8 Å². The minimum Gasteiger partial charge on any atom is -0.507 e. The first-order valence-electron chi connectivity index (χ1n) is 8.24. The third-order valence-electron chi connectivity index (χ3n) is 4.04. The molecule has 0 aliphatic rings. The zero-order valence-electron chi connectivity index (χ0n) is 14.5. The molecule has 0 radical (unpaired) electrons. The van der Waals surface area contributed by atoms with E-state index in [2.05, 4.69) is 5.32 Å². The molecule has 1 atom stereocenters. The molecule has 132 valence electrons. The summed E-state index contributed by atoms with van der Waals surface area (Å²) >= 11 is 0. The summed E-state index contributed by atoms with van der Waals surface area (Å²) in [6.45, 7) is 3.29. The number of nitrogens with one attached hydrogen (secondary N) is 1. The van der Waals surface area contributed by atoms with Crippen molar-refractivity contribution in [3.05, 3.63) is 71.8 Å². The molecule has 0 bridgehead atoms. The number of aromatic hydroxyl groups is 1. The summed E-state index contributed by atoms with van der Waals surface area (Å²) in [7, 11) is 0. The van der Waals surface area contributed by atoms with Crippen molar-refractivity contribution < 1.29 is 19.4 Å². The maximum Gasteiger partial charge on any atom is 0.342 e. The smallest absolute Gasteiger partial charge is 0.342 e. The van der Waals surface area contributed by atoms with E-state index in [0.29, 0.717) is 5.69 Å². The third-order valence-corrected chi connectivity index (χ3v) is 4.04. The number of phenolic OH excluding ortho intramolecular Hbond substituents is 1. The summed E-state index contributed by atoms with van der Waals surface area (Å²) < 4.78 is 5.17. The second-order valence-corrected chi connectivity index (χ2v) is 6.12. The van der Waals surface area contributed by atoms with Gasteiger partial charge in [0.2, 0.25) is 0 Å². The number of phenols is 1. The Morgan fingerprint density at radius 3 is 2.46 bits per heavy atom. The average molecular weight is 349 g/mol. The fraction of sp³-hybridized carbons (Fsp3) is 0.143. The summed E-state index contributed by atoms with van der Waals surface area (Å²) in [6, 6.07) is 18.0. The number of amides is 1. The van der Waals surface area contributed by atoms with Gasteiger partial charge in [0.1, 0.15) is 11.3 Å². The lowest BCUT2D eigenvalue weighted by Gasteiger charge is -2.14. The normalized spacial score (nSPS) is 11.8. The Kier molecular flexibility index (Phi) is 4.89. The number of benzene rings is 3. The van der Waals surface area contributed by atoms with Crippen LogP contribution in [0.3, 0.4) is 0 Å². The zero-order valence-corrected chi connectivity index (χ0v) is 14.5. The van der Waals surface area contributed by atoms with Crippen LogP contribution in [0.4, 0.5) is 5.69 Å². The van der Waals surface area contributed by atoms with Gasteiger partial charge in [-0.15, -0.1) is 0 Å². The van der Waals surface area contributed by atoms with Crippen LogP contribution in [0.25, 0.3) is 10.8 Å². The molecule has 3 aromatic carbocycles. The first-order valence-corrected chi connectivity index (χ1v) is 8.24. The highest BCUT2D eigenvalue weighted by Gasteiger charge is 2.21. The van der Waals surface area contributed by atoms with Crippen molar-refractivity contribution in [2.75, 3.05) is 5.32 Å². The topological polar surface area (TPSA) is 75.6 Å². The number of carbonyl (C=O) groups is 2. The number of aryl methyl sites for hydroxylation is 1. The molecule has 0 aliphatic carbocycles. The van der Waals surface area contributed by atoms with E-state index in [-0.39, 0.29) is 11.3 Å². The highest BCUT2D eigenvalue weighted by atomic mass is 16.5. The van der Waals surface area contributed by atoms with Gasteiger partial charge < -0.3 is 15.2 Å². The predicted molar refractivity (Wildman–Crippen MR) is 100 cm³/mol. The molecule has 0 aliphatic heterocycles. The molecule has 5 nitrogen and oxygen atoms in total. The number of esters is 1. The third kappa shape index (κ3) is 3.83. The van der Waals surface area contributed by atoms with Gasteiger partial charge in [-0.1, -0.05) is 36.4 Å². The van der Waals surface area contributed by atoms with E-state index < -0.39 is 18.0 Å². The highest BCUT2D eigenvalue weighted by Crippen LogP contribution is 2.21. The van der Waals surface area contributed by atoms with Gasteiger partial charge in [-0.05, 0) is 54.4 Å². The van der Waals surface area contributed by atoms with Crippen molar-refractivity contribution in [3.8, 4) is 5.75 Å². The first-order chi connectivity index (χ1) is 12.4. The maximum absolute atomic E-state index is 12.3. The van der Waals surface area contributed by atoms with Crippen LogP contribution in [0.2, 0.25) is 0 Å². The largest absolute Gasteiger partial charge is 0.507 e. The Labute approximate surface area is 151 Å². The molecular formula is C21H19NO4. The molecule has 0 saturated carbocycles. The number of anilines is 1. The van der Waals surface area contributed by atoms with Crippen LogP contribution < -0.4 is 5.32 Å². The van der Waals surface area contributed by atoms with E-state index in [4.69, 9.17) is 4.74 Å². The Balaban J connectivity index is 1.67. The van der Waals surface area contributed by atoms with Crippen molar-refractivity contribution >= 4 is 28.3 Å². The lowest BCUT2D eigenvalue weighted by Crippen LogP contribution is -2.30. The summed E-state index contributed by atoms with van der Waals surface area (Å²) in [5.41, 5.74) is 1.47. The monoisotopic (exact) mass is 349 g/mol. The molecular weight excluding hydrogens is 330 g/mol. The second-order valence-electron chi connectivity index (χ2n) is 6.12. The summed E-state index contributed by atoms with van der Waals surface area (Å²) in [4.78, 5) is 24.5. The van der Waals surface area contributed by atoms with Gasteiger partial charge >= 0.3 is 5.97 Å². The minimum absolute atomic E-state index is 0.0287. The molecule has 1 amide bonds. The summed E-state index contributed by atoms with van der Waals surface area (Å²) in [5.74, 6) is -1.36. The van der Waals surface area contributed by atoms with E-state index in [1.165, 1.54) is 19.1 Å². The van der Waals surface area contributed by atoms with E-state index in [1.807, 2.05) is 36.4 Å². The van der Waals surface area contributed by atoms with Gasteiger partial charge in [0.15, 0.2) is 6.10 Å². The molecule has 26 heavy (non-hydrogen) atoms. The summed E-state index contributed by atoms with van der Waals surface area (Å²) in [5, 5.41) is 14.7. The average Bonchev–Trinajstić information content (AvgIpc) is 2.61. The fourth-order valence-electron chi connectivity index (χ4n) is 2.60. The van der Waals surface area contributed by atoms with Crippen LogP contribution in [-0.2, 0) is 9.53 Å².